The number of nitrogens with one attached hydrogen (secondary N) is 1. The van der Waals surface area contributed by atoms with Gasteiger partial charge in [0.05, 0.1) is 13.3 Å². The van der Waals surface area contributed by atoms with Gasteiger partial charge < -0.3 is 15.4 Å². The summed E-state index contributed by atoms with van der Waals surface area (Å²) in [7, 11) is 0. The van der Waals surface area contributed by atoms with Gasteiger partial charge in [0.2, 0.25) is 0 Å². The number of hydrogen-bond donors (Lipinski definition) is 2. The van der Waals surface area contributed by atoms with E-state index in [1.807, 2.05) is 6.07 Å². The van der Waals surface area contributed by atoms with Crippen molar-refractivity contribution in [1.82, 2.24) is 5.32 Å². The summed E-state index contributed by atoms with van der Waals surface area (Å²) in [5.74, 6) is 0.930. The first-order valence-electron chi connectivity index (χ1n) is 7.97. The minimum atomic E-state index is 0.434. The SMILES string of the molecule is CC(C)NCN(c1cccc(OCCCCN)c1)C(C)C. The second kappa shape index (κ2) is 9.64. The molecule has 0 aromatic heterocycles. The highest BCUT2D eigenvalue weighted by Gasteiger charge is 2.11. The Hall–Kier alpha value is -1.26. The molecule has 0 saturated carbocycles. The molecule has 0 aliphatic heterocycles. The largest absolute Gasteiger partial charge is 0.494 e. The third-order valence-corrected chi connectivity index (χ3v) is 3.31. The lowest BCUT2D eigenvalue weighted by Gasteiger charge is -2.30. The van der Waals surface area contributed by atoms with Crippen molar-refractivity contribution in [2.45, 2.75) is 52.6 Å². The van der Waals surface area contributed by atoms with Crippen molar-refractivity contribution < 1.29 is 4.74 Å². The molecule has 120 valence electrons. The van der Waals surface area contributed by atoms with Gasteiger partial charge in [0, 0.05) is 23.8 Å². The Morgan fingerprint density at radius 2 is 1.95 bits per heavy atom. The number of hydrogen-bond acceptors (Lipinski definition) is 4. The van der Waals surface area contributed by atoms with Gasteiger partial charge in [0.15, 0.2) is 0 Å². The Kier molecular flexibility index (Phi) is 8.16. The van der Waals surface area contributed by atoms with Gasteiger partial charge in [0.25, 0.3) is 0 Å². The van der Waals surface area contributed by atoms with Crippen LogP contribution in [0.25, 0.3) is 0 Å². The average Bonchev–Trinajstić information content (AvgIpc) is 2.44. The summed E-state index contributed by atoms with van der Waals surface area (Å²) in [5, 5.41) is 3.48. The van der Waals surface area contributed by atoms with Gasteiger partial charge in [-0.15, -0.1) is 0 Å². The Morgan fingerprint density at radius 3 is 2.57 bits per heavy atom. The molecule has 1 aromatic rings. The zero-order valence-corrected chi connectivity index (χ0v) is 13.9. The molecular formula is C17H31N3O. The molecule has 0 aliphatic carbocycles. The molecule has 0 atom stereocenters. The number of nitrogens with zero attached hydrogens (tertiary/aromatic N) is 1. The molecule has 21 heavy (non-hydrogen) atoms. The molecule has 0 fully saturated rings. The predicted octanol–water partition coefficient (Wildman–Crippen LogP) is 2.97. The minimum absolute atomic E-state index is 0.434. The Morgan fingerprint density at radius 1 is 1.19 bits per heavy atom. The van der Waals surface area contributed by atoms with Crippen molar-refractivity contribution in [2.24, 2.45) is 5.73 Å². The zero-order chi connectivity index (χ0) is 15.7. The summed E-state index contributed by atoms with van der Waals surface area (Å²) in [6.45, 7) is 11.0. The fourth-order valence-electron chi connectivity index (χ4n) is 2.04. The van der Waals surface area contributed by atoms with Crippen LogP contribution in [0.5, 0.6) is 5.75 Å². The van der Waals surface area contributed by atoms with Crippen LogP contribution in [0.1, 0.15) is 40.5 Å². The van der Waals surface area contributed by atoms with Crippen LogP contribution in [0.4, 0.5) is 5.69 Å². The first kappa shape index (κ1) is 17.8. The normalized spacial score (nSPS) is 11.2. The molecular weight excluding hydrogens is 262 g/mol. The molecule has 3 N–H and O–H groups in total. The first-order chi connectivity index (χ1) is 10.0. The van der Waals surface area contributed by atoms with E-state index < -0.39 is 0 Å². The quantitative estimate of drug-likeness (QED) is 0.514. The first-order valence-corrected chi connectivity index (χ1v) is 7.97. The third kappa shape index (κ3) is 6.82. The average molecular weight is 293 g/mol. The summed E-state index contributed by atoms with van der Waals surface area (Å²) in [6, 6.07) is 9.23. The van der Waals surface area contributed by atoms with Crippen molar-refractivity contribution in [3.05, 3.63) is 24.3 Å². The van der Waals surface area contributed by atoms with Crippen molar-refractivity contribution in [3.8, 4) is 5.75 Å². The van der Waals surface area contributed by atoms with Crippen molar-refractivity contribution in [3.63, 3.8) is 0 Å². The van der Waals surface area contributed by atoms with Gasteiger partial charge >= 0.3 is 0 Å². The smallest absolute Gasteiger partial charge is 0.121 e. The van der Waals surface area contributed by atoms with E-state index in [1.54, 1.807) is 0 Å². The highest BCUT2D eigenvalue weighted by atomic mass is 16.5. The number of anilines is 1. The molecule has 0 heterocycles. The summed E-state index contributed by atoms with van der Waals surface area (Å²) in [6.07, 6.45) is 2.01. The minimum Gasteiger partial charge on any atom is -0.494 e. The van der Waals surface area contributed by atoms with E-state index in [0.29, 0.717) is 12.1 Å². The van der Waals surface area contributed by atoms with E-state index >= 15 is 0 Å². The van der Waals surface area contributed by atoms with E-state index in [2.05, 4.69) is 56.1 Å². The van der Waals surface area contributed by atoms with Gasteiger partial charge in [-0.25, -0.2) is 0 Å². The van der Waals surface area contributed by atoms with Gasteiger partial charge in [-0.05, 0) is 59.2 Å². The maximum atomic E-state index is 5.80. The molecule has 0 bridgehead atoms. The highest BCUT2D eigenvalue weighted by molar-refractivity contribution is 5.51. The van der Waals surface area contributed by atoms with Crippen LogP contribution in [0.15, 0.2) is 24.3 Å². The lowest BCUT2D eigenvalue weighted by molar-refractivity contribution is 0.308. The van der Waals surface area contributed by atoms with Crippen LogP contribution in [-0.2, 0) is 0 Å². The molecule has 4 heteroatoms. The number of benzene rings is 1. The van der Waals surface area contributed by atoms with Gasteiger partial charge in [0.1, 0.15) is 5.75 Å². The summed E-state index contributed by atoms with van der Waals surface area (Å²) >= 11 is 0. The summed E-state index contributed by atoms with van der Waals surface area (Å²) in [5.41, 5.74) is 6.68. The second-order valence-corrected chi connectivity index (χ2v) is 5.92. The molecule has 0 amide bonds. The standard InChI is InChI=1S/C17H31N3O/c1-14(2)19-13-20(15(3)4)16-8-7-9-17(12-16)21-11-6-5-10-18/h7-9,12,14-15,19H,5-6,10-11,13,18H2,1-4H3. The summed E-state index contributed by atoms with van der Waals surface area (Å²) < 4.78 is 5.80. The van der Waals surface area contributed by atoms with Crippen LogP contribution in [0.2, 0.25) is 0 Å². The molecule has 0 radical (unpaired) electrons. The fourth-order valence-corrected chi connectivity index (χ4v) is 2.04. The van der Waals surface area contributed by atoms with Gasteiger partial charge in [-0.2, -0.15) is 0 Å². The van der Waals surface area contributed by atoms with Gasteiger partial charge in [-0.1, -0.05) is 6.07 Å². The molecule has 0 unspecified atom stereocenters. The van der Waals surface area contributed by atoms with Crippen LogP contribution >= 0.6 is 0 Å². The van der Waals surface area contributed by atoms with E-state index in [9.17, 15) is 0 Å². The molecule has 0 spiro atoms. The molecule has 1 aromatic carbocycles. The van der Waals surface area contributed by atoms with E-state index in [1.165, 1.54) is 5.69 Å². The van der Waals surface area contributed by atoms with E-state index in [4.69, 9.17) is 10.5 Å². The number of ether oxygens (including phenoxy) is 1. The number of rotatable bonds is 10. The lowest BCUT2D eigenvalue weighted by atomic mass is 10.2. The second-order valence-electron chi connectivity index (χ2n) is 5.92. The van der Waals surface area contributed by atoms with Crippen molar-refractivity contribution in [2.75, 3.05) is 24.7 Å². The Labute approximate surface area is 129 Å². The maximum Gasteiger partial charge on any atom is 0.121 e. The van der Waals surface area contributed by atoms with Crippen LogP contribution in [-0.4, -0.2) is 31.9 Å². The lowest BCUT2D eigenvalue weighted by Crippen LogP contribution is -2.41. The van der Waals surface area contributed by atoms with E-state index in [0.717, 1.165) is 38.4 Å². The molecule has 0 saturated heterocycles. The topological polar surface area (TPSA) is 50.5 Å². The van der Waals surface area contributed by atoms with Crippen LogP contribution < -0.4 is 20.7 Å². The fraction of sp³-hybridized carbons (Fsp3) is 0.647. The molecule has 0 aliphatic rings. The van der Waals surface area contributed by atoms with Crippen molar-refractivity contribution >= 4 is 5.69 Å². The van der Waals surface area contributed by atoms with Crippen LogP contribution in [0, 0.1) is 0 Å². The Bertz CT molecular complexity index is 393. The third-order valence-electron chi connectivity index (χ3n) is 3.31. The highest BCUT2D eigenvalue weighted by Crippen LogP contribution is 2.22. The number of nitrogens with two attached hydrogens (primary N) is 1. The molecule has 1 rings (SSSR count). The maximum absolute atomic E-state index is 5.80. The van der Waals surface area contributed by atoms with Crippen LogP contribution in [0.3, 0.4) is 0 Å². The molecule has 4 nitrogen and oxygen atoms in total. The van der Waals surface area contributed by atoms with Crippen molar-refractivity contribution in [1.29, 1.82) is 0 Å². The monoisotopic (exact) mass is 293 g/mol. The number of unbranched alkanes of at least 4 members (excludes halogenated alkanes) is 1. The van der Waals surface area contributed by atoms with Gasteiger partial charge in [-0.3, -0.25) is 5.32 Å². The summed E-state index contributed by atoms with van der Waals surface area (Å²) in [4.78, 5) is 2.34. The zero-order valence-electron chi connectivity index (χ0n) is 13.9. The van der Waals surface area contributed by atoms with E-state index in [-0.39, 0.29) is 0 Å². The Balaban J connectivity index is 2.66. The predicted molar refractivity (Wildman–Crippen MR) is 91.0 cm³/mol.